The van der Waals surface area contributed by atoms with Crippen LogP contribution < -0.4 is 5.32 Å². The molecule has 0 bridgehead atoms. The topological polar surface area (TPSA) is 29.1 Å². The first kappa shape index (κ1) is 10.4. The van der Waals surface area contributed by atoms with Crippen molar-refractivity contribution < 1.29 is 4.79 Å². The molecule has 2 nitrogen and oxygen atoms in total. The Morgan fingerprint density at radius 3 is 2.71 bits per heavy atom. The average Bonchev–Trinajstić information content (AvgIpc) is 2.64. The summed E-state index contributed by atoms with van der Waals surface area (Å²) in [6.45, 7) is 0. The highest BCUT2D eigenvalue weighted by atomic mass is 32.1. The summed E-state index contributed by atoms with van der Waals surface area (Å²) in [5, 5.41) is 2.79. The molecule has 2 atom stereocenters. The van der Waals surface area contributed by atoms with E-state index in [2.05, 4.69) is 5.32 Å². The van der Waals surface area contributed by atoms with Gasteiger partial charge < -0.3 is 5.32 Å². The normalized spacial score (nSPS) is 30.2. The van der Waals surface area contributed by atoms with Crippen LogP contribution in [0, 0.1) is 5.92 Å². The van der Waals surface area contributed by atoms with Crippen molar-refractivity contribution in [3.8, 4) is 0 Å². The zero-order chi connectivity index (χ0) is 11.9. The number of nitrogens with one attached hydrogen (secondary N) is 1. The van der Waals surface area contributed by atoms with Crippen molar-refractivity contribution in [2.75, 3.05) is 0 Å². The van der Waals surface area contributed by atoms with Crippen molar-refractivity contribution in [2.45, 2.75) is 5.41 Å². The zero-order valence-corrected chi connectivity index (χ0v) is 9.91. The molecule has 1 N–H and O–H groups in total. The molecule has 1 aliphatic carbocycles. The highest BCUT2D eigenvalue weighted by molar-refractivity contribution is 7.80. The Labute approximate surface area is 105 Å². The lowest BCUT2D eigenvalue weighted by Crippen LogP contribution is -2.38. The lowest BCUT2D eigenvalue weighted by molar-refractivity contribution is -0.122. The molecule has 1 heterocycles. The van der Waals surface area contributed by atoms with Gasteiger partial charge in [-0.05, 0) is 5.56 Å². The first-order valence-corrected chi connectivity index (χ1v) is 5.93. The van der Waals surface area contributed by atoms with Crippen molar-refractivity contribution in [1.29, 1.82) is 0 Å². The van der Waals surface area contributed by atoms with Gasteiger partial charge in [0.1, 0.15) is 5.41 Å². The summed E-state index contributed by atoms with van der Waals surface area (Å²) in [5.41, 5.74) is 0.343. The predicted octanol–water partition coefficient (Wildman–Crippen LogP) is 2.12. The number of carbonyl (C=O) groups is 1. The van der Waals surface area contributed by atoms with Gasteiger partial charge in [-0.2, -0.15) is 0 Å². The van der Waals surface area contributed by atoms with Crippen molar-refractivity contribution >= 4 is 23.1 Å². The Hall–Kier alpha value is -1.74. The van der Waals surface area contributed by atoms with Crippen LogP contribution >= 0.6 is 12.2 Å². The molecule has 0 spiro atoms. The second-order valence-electron chi connectivity index (χ2n) is 4.28. The Morgan fingerprint density at radius 1 is 1.18 bits per heavy atom. The summed E-state index contributed by atoms with van der Waals surface area (Å²) >= 11 is 5.25. The van der Waals surface area contributed by atoms with Crippen molar-refractivity contribution in [1.82, 2.24) is 5.32 Å². The summed E-state index contributed by atoms with van der Waals surface area (Å²) < 4.78 is 0. The molecule has 1 aliphatic heterocycles. The molecule has 1 fully saturated rings. The van der Waals surface area contributed by atoms with E-state index >= 15 is 0 Å². The first-order valence-electron chi connectivity index (χ1n) is 5.52. The molecular formula is C14H11NOS. The molecule has 2 aliphatic rings. The Kier molecular flexibility index (Phi) is 2.23. The third-order valence-electron chi connectivity index (χ3n) is 3.41. The number of benzene rings is 1. The van der Waals surface area contributed by atoms with E-state index in [0.29, 0.717) is 4.99 Å². The molecule has 1 amide bonds. The van der Waals surface area contributed by atoms with Gasteiger partial charge in [0.2, 0.25) is 5.91 Å². The standard InChI is InChI=1S/C14H11NOS/c16-13-14(10-6-2-1-3-7-10)9-5-4-8-11(14)12(17)15-13/h1-9,11H,(H,15,16,17). The number of allylic oxidation sites excluding steroid dienone is 2. The van der Waals surface area contributed by atoms with E-state index in [0.717, 1.165) is 5.56 Å². The maximum Gasteiger partial charge on any atom is 0.240 e. The zero-order valence-electron chi connectivity index (χ0n) is 9.09. The van der Waals surface area contributed by atoms with Crippen LogP contribution in [0.3, 0.4) is 0 Å². The molecule has 1 saturated heterocycles. The maximum atomic E-state index is 12.3. The van der Waals surface area contributed by atoms with Crippen LogP contribution in [0.4, 0.5) is 0 Å². The highest BCUT2D eigenvalue weighted by Crippen LogP contribution is 2.41. The Bertz CT molecular complexity index is 547. The Balaban J connectivity index is 2.22. The van der Waals surface area contributed by atoms with Crippen molar-refractivity contribution in [3.63, 3.8) is 0 Å². The third kappa shape index (κ3) is 1.32. The number of fused-ring (bicyclic) bond motifs is 1. The van der Waals surface area contributed by atoms with Gasteiger partial charge in [0.25, 0.3) is 0 Å². The van der Waals surface area contributed by atoms with E-state index in [-0.39, 0.29) is 11.8 Å². The number of carbonyl (C=O) groups excluding carboxylic acids is 1. The second kappa shape index (κ2) is 3.64. The molecular weight excluding hydrogens is 230 g/mol. The molecule has 1 aromatic carbocycles. The van der Waals surface area contributed by atoms with Gasteiger partial charge in [0.05, 0.1) is 10.9 Å². The van der Waals surface area contributed by atoms with Crippen molar-refractivity contribution in [3.05, 3.63) is 60.2 Å². The summed E-state index contributed by atoms with van der Waals surface area (Å²) in [6.07, 6.45) is 7.80. The number of hydrogen-bond acceptors (Lipinski definition) is 2. The van der Waals surface area contributed by atoms with Gasteiger partial charge in [0, 0.05) is 0 Å². The molecule has 1 aromatic rings. The molecule has 84 valence electrons. The SMILES string of the molecule is O=C1NC(=S)C2C=CC=CC12c1ccccc1. The van der Waals surface area contributed by atoms with E-state index in [4.69, 9.17) is 12.2 Å². The van der Waals surface area contributed by atoms with E-state index in [1.165, 1.54) is 0 Å². The molecule has 3 rings (SSSR count). The lowest BCUT2D eigenvalue weighted by Gasteiger charge is -2.29. The van der Waals surface area contributed by atoms with E-state index in [9.17, 15) is 4.79 Å². The van der Waals surface area contributed by atoms with Crippen LogP contribution in [0.25, 0.3) is 0 Å². The monoisotopic (exact) mass is 241 g/mol. The average molecular weight is 241 g/mol. The third-order valence-corrected chi connectivity index (χ3v) is 3.77. The minimum absolute atomic E-state index is 0.0284. The van der Waals surface area contributed by atoms with Crippen LogP contribution in [0.1, 0.15) is 5.56 Å². The van der Waals surface area contributed by atoms with Crippen LogP contribution in [0.5, 0.6) is 0 Å². The molecule has 2 unspecified atom stereocenters. The van der Waals surface area contributed by atoms with E-state index in [1.807, 2.05) is 54.6 Å². The van der Waals surface area contributed by atoms with E-state index in [1.54, 1.807) is 0 Å². The fourth-order valence-electron chi connectivity index (χ4n) is 2.56. The summed E-state index contributed by atoms with van der Waals surface area (Å²) in [5.74, 6) is -0.0864. The minimum atomic E-state index is -0.646. The van der Waals surface area contributed by atoms with Gasteiger partial charge in [-0.25, -0.2) is 0 Å². The van der Waals surface area contributed by atoms with Crippen LogP contribution in [0.2, 0.25) is 0 Å². The van der Waals surface area contributed by atoms with Crippen LogP contribution in [-0.2, 0) is 10.2 Å². The first-order chi connectivity index (χ1) is 8.25. The number of thiocarbonyl (C=S) groups is 1. The highest BCUT2D eigenvalue weighted by Gasteiger charge is 2.52. The van der Waals surface area contributed by atoms with Gasteiger partial charge in [-0.3, -0.25) is 4.79 Å². The summed E-state index contributed by atoms with van der Waals surface area (Å²) in [7, 11) is 0. The minimum Gasteiger partial charge on any atom is -0.319 e. The second-order valence-corrected chi connectivity index (χ2v) is 4.71. The largest absolute Gasteiger partial charge is 0.319 e. The fraction of sp³-hybridized carbons (Fsp3) is 0.143. The lowest BCUT2D eigenvalue weighted by atomic mass is 9.70. The summed E-state index contributed by atoms with van der Waals surface area (Å²) in [6, 6.07) is 9.79. The Morgan fingerprint density at radius 2 is 1.94 bits per heavy atom. The quantitative estimate of drug-likeness (QED) is 0.763. The van der Waals surface area contributed by atoms with Gasteiger partial charge in [-0.1, -0.05) is 66.9 Å². The molecule has 3 heteroatoms. The number of amides is 1. The molecule has 0 saturated carbocycles. The predicted molar refractivity (Wildman–Crippen MR) is 70.6 cm³/mol. The van der Waals surface area contributed by atoms with Gasteiger partial charge >= 0.3 is 0 Å². The molecule has 0 radical (unpaired) electrons. The number of rotatable bonds is 1. The maximum absolute atomic E-state index is 12.3. The van der Waals surface area contributed by atoms with Crippen molar-refractivity contribution in [2.24, 2.45) is 5.92 Å². The van der Waals surface area contributed by atoms with Gasteiger partial charge in [-0.15, -0.1) is 0 Å². The fourth-order valence-corrected chi connectivity index (χ4v) is 2.92. The van der Waals surface area contributed by atoms with Crippen LogP contribution in [-0.4, -0.2) is 10.9 Å². The number of hydrogen-bond donors (Lipinski definition) is 1. The smallest absolute Gasteiger partial charge is 0.240 e. The summed E-state index contributed by atoms with van der Waals surface area (Å²) in [4.78, 5) is 12.9. The molecule has 0 aromatic heterocycles. The van der Waals surface area contributed by atoms with Crippen LogP contribution in [0.15, 0.2) is 54.6 Å². The van der Waals surface area contributed by atoms with E-state index < -0.39 is 5.41 Å². The van der Waals surface area contributed by atoms with Gasteiger partial charge in [0.15, 0.2) is 0 Å². The molecule has 17 heavy (non-hydrogen) atoms.